The van der Waals surface area contributed by atoms with E-state index in [1.165, 1.54) is 44.9 Å². The molecule has 0 saturated heterocycles. The van der Waals surface area contributed by atoms with Gasteiger partial charge in [0, 0.05) is 6.42 Å². The van der Waals surface area contributed by atoms with Gasteiger partial charge in [-0.1, -0.05) is 58.3 Å². The van der Waals surface area contributed by atoms with Crippen molar-refractivity contribution in [2.45, 2.75) is 84.2 Å². The number of aryl methyl sites for hydroxylation is 1. The SMILES string of the molecule is CCCCCCCCCCCc1nc2c(n1C(C)N)OS(=O)(=O)O2. The van der Waals surface area contributed by atoms with Crippen LogP contribution in [0.3, 0.4) is 0 Å². The molecule has 1 aliphatic rings. The van der Waals surface area contributed by atoms with E-state index < -0.39 is 16.6 Å². The summed E-state index contributed by atoms with van der Waals surface area (Å²) in [6.45, 7) is 3.99. The Kier molecular flexibility index (Phi) is 6.91. The molecule has 1 aromatic rings. The van der Waals surface area contributed by atoms with Gasteiger partial charge < -0.3 is 14.1 Å². The Hall–Kier alpha value is -1.28. The molecule has 2 rings (SSSR count). The van der Waals surface area contributed by atoms with E-state index in [1.807, 2.05) is 0 Å². The highest BCUT2D eigenvalue weighted by Gasteiger charge is 2.36. The molecule has 1 atom stereocenters. The van der Waals surface area contributed by atoms with Gasteiger partial charge in [-0.2, -0.15) is 4.98 Å². The minimum Gasteiger partial charge on any atom is -0.328 e. The fourth-order valence-corrected chi connectivity index (χ4v) is 3.65. The first-order chi connectivity index (χ1) is 11.4. The van der Waals surface area contributed by atoms with Gasteiger partial charge in [-0.3, -0.25) is 4.57 Å². The summed E-state index contributed by atoms with van der Waals surface area (Å²) in [5.74, 6) is 0.807. The van der Waals surface area contributed by atoms with Crippen molar-refractivity contribution in [3.05, 3.63) is 5.82 Å². The van der Waals surface area contributed by atoms with Crippen molar-refractivity contribution in [3.8, 4) is 11.8 Å². The molecule has 0 radical (unpaired) electrons. The van der Waals surface area contributed by atoms with Crippen LogP contribution in [0.2, 0.25) is 0 Å². The van der Waals surface area contributed by atoms with E-state index in [0.29, 0.717) is 5.82 Å². The van der Waals surface area contributed by atoms with Crippen LogP contribution in [0.4, 0.5) is 0 Å². The highest BCUT2D eigenvalue weighted by Crippen LogP contribution is 2.37. The van der Waals surface area contributed by atoms with Crippen LogP contribution in [0.5, 0.6) is 11.8 Å². The molecule has 138 valence electrons. The lowest BCUT2D eigenvalue weighted by Gasteiger charge is -2.12. The molecule has 0 aromatic carbocycles. The molecule has 2 N–H and O–H groups in total. The van der Waals surface area contributed by atoms with Gasteiger partial charge in [0.25, 0.3) is 5.88 Å². The lowest BCUT2D eigenvalue weighted by atomic mass is 10.1. The van der Waals surface area contributed by atoms with Gasteiger partial charge >= 0.3 is 16.3 Å². The summed E-state index contributed by atoms with van der Waals surface area (Å²) in [7, 11) is -4.02. The second-order valence-corrected chi connectivity index (χ2v) is 7.55. The second kappa shape index (κ2) is 8.71. The number of fused-ring (bicyclic) bond motifs is 1. The zero-order valence-corrected chi connectivity index (χ0v) is 15.5. The molecule has 7 nitrogen and oxygen atoms in total. The zero-order chi connectivity index (χ0) is 17.6. The minimum absolute atomic E-state index is 0.00164. The molecule has 0 saturated carbocycles. The summed E-state index contributed by atoms with van der Waals surface area (Å²) >= 11 is 0. The molecule has 1 unspecified atom stereocenters. The number of nitrogens with two attached hydrogens (primary N) is 1. The third kappa shape index (κ3) is 5.11. The van der Waals surface area contributed by atoms with E-state index in [0.717, 1.165) is 19.3 Å². The van der Waals surface area contributed by atoms with Crippen LogP contribution in [-0.2, 0) is 16.8 Å². The largest absolute Gasteiger partial charge is 0.504 e. The summed E-state index contributed by atoms with van der Waals surface area (Å²) in [6, 6.07) is 0. The average Bonchev–Trinajstić information content (AvgIpc) is 2.96. The van der Waals surface area contributed by atoms with Crippen molar-refractivity contribution < 1.29 is 16.8 Å². The first-order valence-electron chi connectivity index (χ1n) is 8.95. The Morgan fingerprint density at radius 2 is 1.62 bits per heavy atom. The third-order valence-corrected chi connectivity index (χ3v) is 4.91. The molecular formula is C16H29N3O4S. The summed E-state index contributed by atoms with van der Waals surface area (Å²) < 4.78 is 33.8. The first-order valence-corrected chi connectivity index (χ1v) is 10.3. The fraction of sp³-hybridized carbons (Fsp3) is 0.812. The van der Waals surface area contributed by atoms with Crippen LogP contribution in [0, 0.1) is 0 Å². The summed E-state index contributed by atoms with van der Waals surface area (Å²) in [5, 5.41) is 0. The van der Waals surface area contributed by atoms with Gasteiger partial charge in [0.2, 0.25) is 0 Å². The molecule has 0 fully saturated rings. The van der Waals surface area contributed by atoms with Crippen molar-refractivity contribution in [2.24, 2.45) is 5.73 Å². The summed E-state index contributed by atoms with van der Waals surface area (Å²) in [4.78, 5) is 4.23. The molecule has 0 amide bonds. The highest BCUT2D eigenvalue weighted by atomic mass is 32.3. The summed E-state index contributed by atoms with van der Waals surface area (Å²) in [5.41, 5.74) is 5.92. The van der Waals surface area contributed by atoms with E-state index in [9.17, 15) is 8.42 Å². The Morgan fingerprint density at radius 1 is 1.04 bits per heavy atom. The predicted molar refractivity (Wildman–Crippen MR) is 92.2 cm³/mol. The Balaban J connectivity index is 1.76. The lowest BCUT2D eigenvalue weighted by Crippen LogP contribution is -2.20. The maximum atomic E-state index is 11.3. The Bertz CT molecular complexity index is 626. The maximum absolute atomic E-state index is 11.3. The number of rotatable bonds is 11. The quantitative estimate of drug-likeness (QED) is 0.608. The van der Waals surface area contributed by atoms with Gasteiger partial charge in [0.15, 0.2) is 0 Å². The van der Waals surface area contributed by atoms with Crippen LogP contribution >= 0.6 is 0 Å². The van der Waals surface area contributed by atoms with Crippen molar-refractivity contribution in [2.75, 3.05) is 0 Å². The molecule has 1 aromatic heterocycles. The Labute approximate surface area is 144 Å². The van der Waals surface area contributed by atoms with Crippen molar-refractivity contribution in [1.82, 2.24) is 9.55 Å². The molecule has 24 heavy (non-hydrogen) atoms. The van der Waals surface area contributed by atoms with Crippen LogP contribution in [0.15, 0.2) is 0 Å². The first kappa shape index (κ1) is 19.1. The fourth-order valence-electron chi connectivity index (χ4n) is 2.97. The Morgan fingerprint density at radius 3 is 2.21 bits per heavy atom. The van der Waals surface area contributed by atoms with Gasteiger partial charge in [-0.25, -0.2) is 0 Å². The number of hydrogen-bond acceptors (Lipinski definition) is 6. The molecule has 1 aliphatic heterocycles. The number of hydrogen-bond donors (Lipinski definition) is 1. The molecule has 8 heteroatoms. The number of unbranched alkanes of at least 4 members (excludes halogenated alkanes) is 8. The second-order valence-electron chi connectivity index (χ2n) is 6.40. The van der Waals surface area contributed by atoms with Crippen LogP contribution in [0.25, 0.3) is 0 Å². The average molecular weight is 359 g/mol. The minimum atomic E-state index is -4.02. The topological polar surface area (TPSA) is 96.4 Å². The van der Waals surface area contributed by atoms with E-state index in [4.69, 9.17) is 14.1 Å². The van der Waals surface area contributed by atoms with Gasteiger partial charge in [0.05, 0.1) is 6.17 Å². The maximum Gasteiger partial charge on any atom is 0.504 e. The highest BCUT2D eigenvalue weighted by molar-refractivity contribution is 7.82. The van der Waals surface area contributed by atoms with Gasteiger partial charge in [-0.05, 0) is 13.3 Å². The van der Waals surface area contributed by atoms with Crippen LogP contribution < -0.4 is 14.1 Å². The normalized spacial score (nSPS) is 16.5. The van der Waals surface area contributed by atoms with Gasteiger partial charge in [0.1, 0.15) is 5.82 Å². The van der Waals surface area contributed by atoms with Gasteiger partial charge in [-0.15, -0.1) is 8.42 Å². The smallest absolute Gasteiger partial charge is 0.328 e. The van der Waals surface area contributed by atoms with Crippen LogP contribution in [-0.4, -0.2) is 18.0 Å². The third-order valence-electron chi connectivity index (χ3n) is 4.18. The molecular weight excluding hydrogens is 330 g/mol. The molecule has 2 heterocycles. The number of aromatic nitrogens is 2. The van der Waals surface area contributed by atoms with E-state index in [2.05, 4.69) is 11.9 Å². The van der Waals surface area contributed by atoms with E-state index in [1.54, 1.807) is 11.5 Å². The zero-order valence-electron chi connectivity index (χ0n) is 14.7. The number of nitrogens with zero attached hydrogens (tertiary/aromatic N) is 2. The standard InChI is InChI=1S/C16H29N3O4S/c1-3-4-5-6-7-8-9-10-11-12-14-18-15-16(19(14)13(2)17)23-24(20,21)22-15/h13H,3-12,17H2,1-2H3. The monoisotopic (exact) mass is 359 g/mol. The van der Waals surface area contributed by atoms with E-state index in [-0.39, 0.29) is 11.8 Å². The molecule has 0 bridgehead atoms. The van der Waals surface area contributed by atoms with E-state index >= 15 is 0 Å². The molecule has 0 spiro atoms. The van der Waals surface area contributed by atoms with Crippen molar-refractivity contribution in [1.29, 1.82) is 0 Å². The van der Waals surface area contributed by atoms with Crippen molar-refractivity contribution in [3.63, 3.8) is 0 Å². The number of imidazole rings is 1. The van der Waals surface area contributed by atoms with Crippen LogP contribution in [0.1, 0.15) is 83.6 Å². The summed E-state index contributed by atoms with van der Waals surface area (Å²) in [6.07, 6.45) is 11.5. The molecule has 0 aliphatic carbocycles. The lowest BCUT2D eigenvalue weighted by molar-refractivity contribution is 0.404. The van der Waals surface area contributed by atoms with Crippen molar-refractivity contribution >= 4 is 10.4 Å². The predicted octanol–water partition coefficient (Wildman–Crippen LogP) is 3.45.